The molecule has 8 aliphatic heterocycles. The zero-order chi connectivity index (χ0) is 94.0. The zero-order valence-electron chi connectivity index (χ0n) is 70.5. The maximum absolute atomic E-state index is 14.2. The predicted octanol–water partition coefficient (Wildman–Crippen LogP) is 12.7. The molecule has 20 rings (SSSR count). The van der Waals surface area contributed by atoms with Crippen LogP contribution in [0.5, 0.6) is 0 Å². The fraction of sp³-hybridized carbons (Fsp3) is 0.250. The number of fused-ring (bicyclic) bond motifs is 4. The Labute approximate surface area is 779 Å². The third-order valence-electron chi connectivity index (χ3n) is 26.5. The quantitative estimate of drug-likeness (QED) is 0.0398. The number of amides is 16. The van der Waals surface area contributed by atoms with E-state index in [0.29, 0.717) is 98.7 Å². The van der Waals surface area contributed by atoms with Crippen molar-refractivity contribution in [1.29, 1.82) is 0 Å². The fourth-order valence-corrected chi connectivity index (χ4v) is 21.5. The third kappa shape index (κ3) is 14.7. The Balaban J connectivity index is 0.000000124. The van der Waals surface area contributed by atoms with E-state index in [4.69, 9.17) is 69.1 Å². The van der Waals surface area contributed by atoms with Crippen LogP contribution >= 0.6 is 55.1 Å². The van der Waals surface area contributed by atoms with E-state index in [1.807, 2.05) is 24.3 Å². The number of anilines is 16. The van der Waals surface area contributed by atoms with Crippen LogP contribution in [0.15, 0.2) is 179 Å². The number of nitrogen functional groups attached to an aromatic ring is 8. The number of imide groups is 8. The molecule has 8 fully saturated rings. The van der Waals surface area contributed by atoms with Crippen molar-refractivity contribution in [2.75, 3.05) is 85.1 Å². The highest BCUT2D eigenvalue weighted by atomic mass is 79.9. The fourth-order valence-electron chi connectivity index (χ4n) is 19.8. The molecule has 8 saturated heterocycles. The van der Waals surface area contributed by atoms with Crippen molar-refractivity contribution in [3.8, 4) is 0 Å². The lowest BCUT2D eigenvalue weighted by atomic mass is 9.71. The molecule has 0 aromatic heterocycles. The summed E-state index contributed by atoms with van der Waals surface area (Å²) in [5, 5.41) is 2.86. The minimum Gasteiger partial charge on any atom is -0.399 e. The van der Waals surface area contributed by atoms with Crippen molar-refractivity contribution in [1.82, 2.24) is 0 Å². The molecule has 672 valence electrons. The normalized spacial score (nSPS) is 19.1. The topological polar surface area (TPSA) is 507 Å². The van der Waals surface area contributed by atoms with Crippen LogP contribution in [-0.4, -0.2) is 94.5 Å². The molecule has 10 aromatic carbocycles. The van der Waals surface area contributed by atoms with Crippen molar-refractivity contribution < 1.29 is 76.7 Å². The van der Waals surface area contributed by atoms with Crippen LogP contribution in [0.4, 0.5) is 91.0 Å². The van der Waals surface area contributed by atoms with Gasteiger partial charge >= 0.3 is 0 Å². The maximum Gasteiger partial charge on any atom is 0.250 e. The van der Waals surface area contributed by atoms with Crippen molar-refractivity contribution in [3.63, 3.8) is 0 Å². The smallest absolute Gasteiger partial charge is 0.250 e. The molecule has 32 nitrogen and oxygen atoms in total. The van der Waals surface area contributed by atoms with E-state index in [9.17, 15) is 76.7 Å². The van der Waals surface area contributed by atoms with E-state index < -0.39 is 105 Å². The van der Waals surface area contributed by atoms with Gasteiger partial charge in [-0.2, -0.15) is 0 Å². The standard InChI is InChI=1S/C29H32N4O4.C29H24N4O4.C19H14Br2N4O4.C19H14Cl2N4O4/c2*30-21-9-11-23(19-7-3-1-5-17(19)21)32-25(34)13-15-29(27(32)36)16-14-26(35)33(28(29)37)24-12-10-22(31)18-6-2-4-8-20(18)24;2*20-11-5-9(22)1-3-13(11)24-15(26)7-19(17(24)28)8-16(27)25(18(19)29)14-4-2-10(23)6-12(14)21/h9-12H,1-8,13-16,30-31H2;1-12H,13-16,30-31H2;2*1-6H,7-8,22-23H2. The summed E-state index contributed by atoms with van der Waals surface area (Å²) in [7, 11) is 0. The van der Waals surface area contributed by atoms with Gasteiger partial charge in [0.2, 0.25) is 70.9 Å². The molecular weight excluding hydrogens is 1860 g/mol. The number of halogens is 4. The number of piperidine rings is 4. The number of benzene rings is 10. The molecular formula is C96H84Br2Cl2N16O16. The summed E-state index contributed by atoms with van der Waals surface area (Å²) in [5.74, 6) is -9.09. The predicted molar refractivity (Wildman–Crippen MR) is 506 cm³/mol. The third-order valence-corrected chi connectivity index (χ3v) is 28.4. The maximum atomic E-state index is 14.2. The van der Waals surface area contributed by atoms with Gasteiger partial charge in [-0.3, -0.25) is 76.7 Å². The Morgan fingerprint density at radius 1 is 0.235 bits per heavy atom. The number of carbonyl (C=O) groups is 16. The summed E-state index contributed by atoms with van der Waals surface area (Å²) in [6.07, 6.45) is 5.80. The first-order valence-electron chi connectivity index (χ1n) is 42.5. The Morgan fingerprint density at radius 3 is 0.773 bits per heavy atom. The molecule has 10 aliphatic rings. The second-order valence-electron chi connectivity index (χ2n) is 34.3. The number of nitrogens with two attached hydrogens (primary N) is 8. The van der Waals surface area contributed by atoms with E-state index in [0.717, 1.165) is 103 Å². The number of nitrogens with zero attached hydrogens (tertiary/aromatic N) is 8. The Hall–Kier alpha value is -14.2. The lowest BCUT2D eigenvalue weighted by molar-refractivity contribution is -0.152. The van der Waals surface area contributed by atoms with Crippen LogP contribution in [0.2, 0.25) is 10.0 Å². The van der Waals surface area contributed by atoms with Gasteiger partial charge in [0.05, 0.1) is 81.2 Å². The van der Waals surface area contributed by atoms with Crippen molar-refractivity contribution in [2.24, 2.45) is 21.7 Å². The van der Waals surface area contributed by atoms with Gasteiger partial charge in [0, 0.05) is 102 Å². The average Bonchev–Trinajstić information content (AvgIpc) is 1.60. The molecule has 0 unspecified atom stereocenters. The Kier molecular flexibility index (Phi) is 23.3. The summed E-state index contributed by atoms with van der Waals surface area (Å²) in [4.78, 5) is 222. The minimum absolute atomic E-state index is 0.000694. The highest BCUT2D eigenvalue weighted by molar-refractivity contribution is 9.11. The van der Waals surface area contributed by atoms with E-state index in [1.165, 1.54) is 58.3 Å². The molecule has 4 spiro atoms. The van der Waals surface area contributed by atoms with Gasteiger partial charge in [0.25, 0.3) is 23.6 Å². The van der Waals surface area contributed by atoms with Gasteiger partial charge in [-0.1, -0.05) is 71.7 Å². The molecule has 0 atom stereocenters. The first-order valence-corrected chi connectivity index (χ1v) is 44.9. The van der Waals surface area contributed by atoms with Gasteiger partial charge in [-0.25, -0.2) is 39.2 Å². The second kappa shape index (κ2) is 34.3. The van der Waals surface area contributed by atoms with Crippen molar-refractivity contribution in [3.05, 3.63) is 211 Å². The van der Waals surface area contributed by atoms with E-state index in [1.54, 1.807) is 97.1 Å². The first kappa shape index (κ1) is 89.7. The Morgan fingerprint density at radius 2 is 0.470 bits per heavy atom. The number of carbonyl (C=O) groups excluding carboxylic acids is 16. The largest absolute Gasteiger partial charge is 0.399 e. The van der Waals surface area contributed by atoms with Crippen molar-refractivity contribution in [2.45, 2.75) is 128 Å². The minimum atomic E-state index is -1.83. The van der Waals surface area contributed by atoms with Gasteiger partial charge in [-0.05, 0) is 252 Å². The molecule has 0 radical (unpaired) electrons. The molecule has 2 aliphatic carbocycles. The summed E-state index contributed by atoms with van der Waals surface area (Å²) in [6, 6.07) is 45.9. The van der Waals surface area contributed by atoms with Crippen LogP contribution in [0.25, 0.3) is 21.5 Å². The second-order valence-corrected chi connectivity index (χ2v) is 36.8. The van der Waals surface area contributed by atoms with Crippen LogP contribution < -0.4 is 85.1 Å². The highest BCUT2D eigenvalue weighted by Crippen LogP contribution is 2.54. The van der Waals surface area contributed by atoms with Gasteiger partial charge in [0.1, 0.15) is 21.7 Å². The molecule has 8 heterocycles. The monoisotopic (exact) mass is 1940 g/mol. The molecule has 10 aromatic rings. The number of hydrogen-bond acceptors (Lipinski definition) is 24. The SMILES string of the molecule is Nc1ccc(N2C(=O)CC3(CC(=O)N(c4ccc(N)cc4Br)C3=O)C2=O)c(Br)c1.Nc1ccc(N2C(=O)CC3(CC(=O)N(c4ccc(N)cc4Cl)C3=O)C2=O)c(Cl)c1.Nc1ccc(N2C(=O)CCC3(CCC(=O)N(c4ccc(N)c5c4CCCC5)C3=O)C2=O)c2c1CCCC2.Nc1ccc(N2C(=O)CCC3(CCC(=O)N(c4ccc(N)c5ccccc45)C3=O)C2=O)c2ccccc12. The molecule has 0 bridgehead atoms. The summed E-state index contributed by atoms with van der Waals surface area (Å²) >= 11 is 18.9. The summed E-state index contributed by atoms with van der Waals surface area (Å²) in [6.45, 7) is 0. The van der Waals surface area contributed by atoms with Crippen molar-refractivity contribution >= 4 is 262 Å². The Bertz CT molecular complexity index is 6290. The molecule has 0 saturated carbocycles. The first-order chi connectivity index (χ1) is 63.0. The van der Waals surface area contributed by atoms with Gasteiger partial charge in [-0.15, -0.1) is 0 Å². The zero-order valence-corrected chi connectivity index (χ0v) is 75.2. The van der Waals surface area contributed by atoms with E-state index in [-0.39, 0.29) is 121 Å². The van der Waals surface area contributed by atoms with Crippen LogP contribution in [-0.2, 0) is 102 Å². The lowest BCUT2D eigenvalue weighted by Gasteiger charge is -2.45. The summed E-state index contributed by atoms with van der Waals surface area (Å²) in [5.41, 5.74) is 51.4. The molecule has 132 heavy (non-hydrogen) atoms. The van der Waals surface area contributed by atoms with Crippen LogP contribution in [0.1, 0.15) is 125 Å². The molecule has 16 amide bonds. The molecule has 36 heteroatoms. The van der Waals surface area contributed by atoms with E-state index >= 15 is 0 Å². The van der Waals surface area contributed by atoms with Crippen LogP contribution in [0.3, 0.4) is 0 Å². The number of rotatable bonds is 8. The lowest BCUT2D eigenvalue weighted by Crippen LogP contribution is -2.62. The highest BCUT2D eigenvalue weighted by Gasteiger charge is 2.67. The number of hydrogen-bond donors (Lipinski definition) is 8. The van der Waals surface area contributed by atoms with Gasteiger partial charge in [0.15, 0.2) is 0 Å². The average molecular weight is 1950 g/mol. The van der Waals surface area contributed by atoms with E-state index in [2.05, 4.69) is 31.9 Å². The van der Waals surface area contributed by atoms with Gasteiger partial charge < -0.3 is 45.9 Å². The van der Waals surface area contributed by atoms with Crippen LogP contribution in [0, 0.1) is 21.7 Å². The molecule has 16 N–H and O–H groups in total. The summed E-state index contributed by atoms with van der Waals surface area (Å²) < 4.78 is 0.873.